The Bertz CT molecular complexity index is 252. The molecule has 1 rings (SSSR count). The van der Waals surface area contributed by atoms with Crippen LogP contribution in [-0.4, -0.2) is 29.3 Å². The second kappa shape index (κ2) is 4.87. The van der Waals surface area contributed by atoms with Gasteiger partial charge in [0.1, 0.15) is 5.78 Å². The normalized spacial score (nSPS) is 28.4. The number of carbonyl (C=O) groups is 1. The minimum Gasteiger partial charge on any atom is -0.299 e. The van der Waals surface area contributed by atoms with Crippen molar-refractivity contribution in [2.45, 2.75) is 66.5 Å². The highest BCUT2D eigenvalue weighted by Crippen LogP contribution is 2.30. The van der Waals surface area contributed by atoms with Gasteiger partial charge in [0.05, 0.1) is 0 Å². The van der Waals surface area contributed by atoms with Crippen LogP contribution in [0.1, 0.15) is 54.4 Å². The molecule has 94 valence electrons. The zero-order chi connectivity index (χ0) is 12.5. The molecule has 1 heterocycles. The molecule has 1 aliphatic rings. The van der Waals surface area contributed by atoms with Crippen molar-refractivity contribution in [3.8, 4) is 0 Å². The third kappa shape index (κ3) is 3.07. The molecule has 0 saturated carbocycles. The van der Waals surface area contributed by atoms with E-state index < -0.39 is 0 Å². The number of carbonyl (C=O) groups excluding carboxylic acids is 1. The van der Waals surface area contributed by atoms with Gasteiger partial charge in [-0.25, -0.2) is 0 Å². The predicted octanol–water partition coefficient (Wildman–Crippen LogP) is 3.11. The largest absolute Gasteiger partial charge is 0.299 e. The molecule has 2 unspecified atom stereocenters. The minimum atomic E-state index is -0.176. The van der Waals surface area contributed by atoms with Crippen molar-refractivity contribution in [2.75, 3.05) is 6.54 Å². The highest BCUT2D eigenvalue weighted by molar-refractivity contribution is 5.86. The van der Waals surface area contributed by atoms with Gasteiger partial charge in [-0.1, -0.05) is 20.8 Å². The standard InChI is InChI=1S/C14H27NO/c1-10(2)15-8-7-12(9-11(15)3)13(16)14(4,5)6/h10-12H,7-9H2,1-6H3. The molecule has 1 aliphatic heterocycles. The number of hydrogen-bond acceptors (Lipinski definition) is 2. The molecule has 2 heteroatoms. The molecule has 2 nitrogen and oxygen atoms in total. The van der Waals surface area contributed by atoms with Gasteiger partial charge in [0, 0.05) is 23.4 Å². The fourth-order valence-electron chi connectivity index (χ4n) is 2.81. The minimum absolute atomic E-state index is 0.176. The number of piperidine rings is 1. The Kier molecular flexibility index (Phi) is 4.17. The van der Waals surface area contributed by atoms with Crippen LogP contribution in [0.4, 0.5) is 0 Å². The number of rotatable bonds is 2. The van der Waals surface area contributed by atoms with E-state index in [0.717, 1.165) is 19.4 Å². The van der Waals surface area contributed by atoms with E-state index in [0.29, 0.717) is 17.9 Å². The van der Waals surface area contributed by atoms with E-state index in [1.807, 2.05) is 20.8 Å². The van der Waals surface area contributed by atoms with E-state index >= 15 is 0 Å². The van der Waals surface area contributed by atoms with Crippen LogP contribution in [0, 0.1) is 11.3 Å². The molecule has 0 aromatic rings. The second-order valence-corrected chi connectivity index (χ2v) is 6.52. The van der Waals surface area contributed by atoms with Crippen molar-refractivity contribution >= 4 is 5.78 Å². The van der Waals surface area contributed by atoms with Gasteiger partial charge in [-0.3, -0.25) is 9.69 Å². The molecule has 16 heavy (non-hydrogen) atoms. The lowest BCUT2D eigenvalue weighted by molar-refractivity contribution is -0.132. The van der Waals surface area contributed by atoms with E-state index in [1.165, 1.54) is 0 Å². The van der Waals surface area contributed by atoms with E-state index in [9.17, 15) is 4.79 Å². The Hall–Kier alpha value is -0.370. The van der Waals surface area contributed by atoms with E-state index in [1.54, 1.807) is 0 Å². The molecule has 0 N–H and O–H groups in total. The first-order valence-corrected chi connectivity index (χ1v) is 6.53. The van der Waals surface area contributed by atoms with Gasteiger partial charge in [-0.05, 0) is 40.2 Å². The lowest BCUT2D eigenvalue weighted by Gasteiger charge is -2.41. The van der Waals surface area contributed by atoms with Crippen LogP contribution in [-0.2, 0) is 4.79 Å². The van der Waals surface area contributed by atoms with Gasteiger partial charge in [0.15, 0.2) is 0 Å². The number of likely N-dealkylation sites (tertiary alicyclic amines) is 1. The average Bonchev–Trinajstić information content (AvgIpc) is 2.14. The van der Waals surface area contributed by atoms with Crippen molar-refractivity contribution in [2.24, 2.45) is 11.3 Å². The molecular formula is C14H27NO. The zero-order valence-electron chi connectivity index (χ0n) is 11.7. The summed E-state index contributed by atoms with van der Waals surface area (Å²) >= 11 is 0. The lowest BCUT2D eigenvalue weighted by Crippen LogP contribution is -2.47. The molecule has 0 amide bonds. The second-order valence-electron chi connectivity index (χ2n) is 6.52. The van der Waals surface area contributed by atoms with Crippen molar-refractivity contribution < 1.29 is 4.79 Å². The van der Waals surface area contributed by atoms with Gasteiger partial charge >= 0.3 is 0 Å². The van der Waals surface area contributed by atoms with Crippen LogP contribution >= 0.6 is 0 Å². The molecule has 0 bridgehead atoms. The Labute approximate surface area is 100 Å². The van der Waals surface area contributed by atoms with Crippen LogP contribution < -0.4 is 0 Å². The van der Waals surface area contributed by atoms with Crippen molar-refractivity contribution in [1.29, 1.82) is 0 Å². The first-order valence-electron chi connectivity index (χ1n) is 6.53. The fourth-order valence-corrected chi connectivity index (χ4v) is 2.81. The summed E-state index contributed by atoms with van der Waals surface area (Å²) in [5.41, 5.74) is -0.176. The quantitative estimate of drug-likeness (QED) is 0.719. The van der Waals surface area contributed by atoms with E-state index in [-0.39, 0.29) is 11.3 Å². The maximum atomic E-state index is 12.2. The molecule has 0 aromatic heterocycles. The first-order chi connectivity index (χ1) is 7.23. The molecule has 0 aromatic carbocycles. The van der Waals surface area contributed by atoms with Crippen LogP contribution in [0.3, 0.4) is 0 Å². The molecular weight excluding hydrogens is 198 g/mol. The van der Waals surface area contributed by atoms with E-state index in [4.69, 9.17) is 0 Å². The monoisotopic (exact) mass is 225 g/mol. The summed E-state index contributed by atoms with van der Waals surface area (Å²) in [7, 11) is 0. The Morgan fingerprint density at radius 1 is 1.31 bits per heavy atom. The predicted molar refractivity (Wildman–Crippen MR) is 68.5 cm³/mol. The van der Waals surface area contributed by atoms with Gasteiger partial charge in [0.25, 0.3) is 0 Å². The number of Topliss-reactive ketones (excluding diaryl/α,β-unsaturated/α-hetero) is 1. The van der Waals surface area contributed by atoms with Crippen LogP contribution in [0.2, 0.25) is 0 Å². The maximum Gasteiger partial charge on any atom is 0.141 e. The van der Waals surface area contributed by atoms with Crippen molar-refractivity contribution in [3.05, 3.63) is 0 Å². The third-order valence-corrected chi connectivity index (χ3v) is 3.70. The highest BCUT2D eigenvalue weighted by Gasteiger charge is 2.35. The average molecular weight is 225 g/mol. The van der Waals surface area contributed by atoms with Crippen LogP contribution in [0.25, 0.3) is 0 Å². The molecule has 1 fully saturated rings. The van der Waals surface area contributed by atoms with Gasteiger partial charge in [0.2, 0.25) is 0 Å². The summed E-state index contributed by atoms with van der Waals surface area (Å²) in [5.74, 6) is 0.729. The van der Waals surface area contributed by atoms with Crippen molar-refractivity contribution in [3.63, 3.8) is 0 Å². The zero-order valence-corrected chi connectivity index (χ0v) is 11.7. The third-order valence-electron chi connectivity index (χ3n) is 3.70. The summed E-state index contributed by atoms with van der Waals surface area (Å²) in [5, 5.41) is 0. The Morgan fingerprint density at radius 2 is 1.88 bits per heavy atom. The summed E-state index contributed by atoms with van der Waals surface area (Å²) < 4.78 is 0. The molecule has 0 radical (unpaired) electrons. The summed E-state index contributed by atoms with van der Waals surface area (Å²) in [6.07, 6.45) is 2.08. The molecule has 2 atom stereocenters. The smallest absolute Gasteiger partial charge is 0.141 e. The molecule has 0 aliphatic carbocycles. The van der Waals surface area contributed by atoms with Gasteiger partial charge in [-0.2, -0.15) is 0 Å². The highest BCUT2D eigenvalue weighted by atomic mass is 16.1. The summed E-state index contributed by atoms with van der Waals surface area (Å²) in [4.78, 5) is 14.7. The lowest BCUT2D eigenvalue weighted by atomic mass is 9.77. The first kappa shape index (κ1) is 13.7. The molecule has 0 spiro atoms. The van der Waals surface area contributed by atoms with E-state index in [2.05, 4.69) is 25.7 Å². The maximum absolute atomic E-state index is 12.2. The van der Waals surface area contributed by atoms with Crippen LogP contribution in [0.15, 0.2) is 0 Å². The summed E-state index contributed by atoms with van der Waals surface area (Å²) in [6, 6.07) is 1.14. The topological polar surface area (TPSA) is 20.3 Å². The number of ketones is 1. The van der Waals surface area contributed by atoms with Crippen molar-refractivity contribution in [1.82, 2.24) is 4.90 Å². The fraction of sp³-hybridized carbons (Fsp3) is 0.929. The summed E-state index contributed by atoms with van der Waals surface area (Å²) in [6.45, 7) is 13.9. The van der Waals surface area contributed by atoms with Gasteiger partial charge < -0.3 is 0 Å². The number of hydrogen-bond donors (Lipinski definition) is 0. The Balaban J connectivity index is 2.62. The SMILES string of the molecule is CC(C)N1CCC(C(=O)C(C)(C)C)CC1C. The number of nitrogens with zero attached hydrogens (tertiary/aromatic N) is 1. The van der Waals surface area contributed by atoms with Crippen LogP contribution in [0.5, 0.6) is 0 Å². The Morgan fingerprint density at radius 3 is 2.25 bits per heavy atom. The van der Waals surface area contributed by atoms with Gasteiger partial charge in [-0.15, -0.1) is 0 Å². The molecule has 1 saturated heterocycles.